The average molecular weight is 307 g/mol. The molecule has 0 aromatic carbocycles. The molecule has 2 atom stereocenters. The number of thioether (sulfide) groups is 1. The van der Waals surface area contributed by atoms with Crippen molar-refractivity contribution in [2.75, 3.05) is 12.9 Å². The van der Waals surface area contributed by atoms with Gasteiger partial charge in [0.15, 0.2) is 10.8 Å². The first kappa shape index (κ1) is 14.2. The molecule has 2 unspecified atom stereocenters. The molecule has 1 N–H and O–H groups in total. The van der Waals surface area contributed by atoms with Crippen LogP contribution in [0.4, 0.5) is 0 Å². The van der Waals surface area contributed by atoms with Crippen molar-refractivity contribution >= 4 is 28.9 Å². The van der Waals surface area contributed by atoms with Crippen LogP contribution in [0.2, 0.25) is 0 Å². The van der Waals surface area contributed by atoms with E-state index in [1.165, 1.54) is 11.8 Å². The highest BCUT2D eigenvalue weighted by Crippen LogP contribution is 2.48. The maximum atomic E-state index is 10.8. The van der Waals surface area contributed by atoms with Crippen LogP contribution in [-0.2, 0) is 4.79 Å². The number of methoxy groups -OCH3 is 1. The van der Waals surface area contributed by atoms with Crippen LogP contribution in [0.3, 0.4) is 0 Å². The Hall–Kier alpha value is -1.76. The smallest absolute Gasteiger partial charge is 0.313 e. The van der Waals surface area contributed by atoms with Gasteiger partial charge in [-0.25, -0.2) is 4.98 Å². The number of ether oxygens (including phenoxy) is 1. The zero-order valence-electron chi connectivity index (χ0n) is 11.9. The van der Waals surface area contributed by atoms with Gasteiger partial charge >= 0.3 is 5.97 Å². The van der Waals surface area contributed by atoms with Crippen LogP contribution in [-0.4, -0.2) is 38.5 Å². The van der Waals surface area contributed by atoms with Crippen LogP contribution in [0.15, 0.2) is 17.3 Å². The van der Waals surface area contributed by atoms with Crippen LogP contribution in [0.1, 0.15) is 25.8 Å². The third-order valence-corrected chi connectivity index (χ3v) is 4.69. The van der Waals surface area contributed by atoms with E-state index in [4.69, 9.17) is 9.84 Å². The second-order valence-corrected chi connectivity index (χ2v) is 6.06. The highest BCUT2D eigenvalue weighted by molar-refractivity contribution is 7.99. The zero-order chi connectivity index (χ0) is 15.0. The summed E-state index contributed by atoms with van der Waals surface area (Å²) in [5.41, 5.74) is 1.56. The minimum absolute atomic E-state index is 0.00394. The molecule has 0 amide bonds. The molecule has 21 heavy (non-hydrogen) atoms. The molecular formula is C14H17N3O3S. The van der Waals surface area contributed by atoms with Crippen molar-refractivity contribution < 1.29 is 14.6 Å². The first-order valence-corrected chi connectivity index (χ1v) is 7.90. The molecule has 112 valence electrons. The number of carbonyl (C=O) groups is 1. The summed E-state index contributed by atoms with van der Waals surface area (Å²) in [5, 5.41) is 9.61. The zero-order valence-corrected chi connectivity index (χ0v) is 12.8. The van der Waals surface area contributed by atoms with Gasteiger partial charge in [-0.1, -0.05) is 25.1 Å². The highest BCUT2D eigenvalue weighted by Gasteiger charge is 2.39. The first-order chi connectivity index (χ1) is 10.1. The normalized spacial score (nSPS) is 20.7. The average Bonchev–Trinajstić information content (AvgIpc) is 3.17. The van der Waals surface area contributed by atoms with Gasteiger partial charge in [0.1, 0.15) is 5.52 Å². The van der Waals surface area contributed by atoms with Crippen molar-refractivity contribution in [1.82, 2.24) is 14.5 Å². The van der Waals surface area contributed by atoms with E-state index in [2.05, 4.69) is 21.5 Å². The molecule has 0 radical (unpaired) electrons. The molecule has 1 fully saturated rings. The van der Waals surface area contributed by atoms with E-state index in [-0.39, 0.29) is 5.75 Å². The summed E-state index contributed by atoms with van der Waals surface area (Å²) in [6, 6.07) is 4.01. The second kappa shape index (κ2) is 5.55. The summed E-state index contributed by atoms with van der Waals surface area (Å²) in [6.07, 6.45) is 2.21. The maximum Gasteiger partial charge on any atom is 0.313 e. The van der Waals surface area contributed by atoms with Crippen LogP contribution in [0, 0.1) is 5.92 Å². The van der Waals surface area contributed by atoms with Crippen molar-refractivity contribution in [2.45, 2.75) is 31.0 Å². The number of carboxylic acids is 1. The molecule has 0 aliphatic heterocycles. The number of fused-ring (bicyclic) bond motifs is 1. The number of pyridine rings is 1. The summed E-state index contributed by atoms with van der Waals surface area (Å²) in [6.45, 7) is 2.17. The number of aromatic nitrogens is 3. The Balaban J connectivity index is 2.03. The van der Waals surface area contributed by atoms with E-state index in [9.17, 15) is 4.79 Å². The third-order valence-electron chi connectivity index (χ3n) is 3.75. The fourth-order valence-corrected chi connectivity index (χ4v) is 3.34. The van der Waals surface area contributed by atoms with Crippen molar-refractivity contribution in [3.05, 3.63) is 12.1 Å². The van der Waals surface area contributed by atoms with E-state index >= 15 is 0 Å². The first-order valence-electron chi connectivity index (χ1n) is 6.91. The van der Waals surface area contributed by atoms with Crippen molar-refractivity contribution in [1.29, 1.82) is 0 Å². The lowest BCUT2D eigenvalue weighted by Gasteiger charge is -2.07. The SMILES string of the molecule is CCC1CC1n1c(SCC(=O)O)nc2ccc(OC)nc21. The van der Waals surface area contributed by atoms with Gasteiger partial charge in [-0.15, -0.1) is 0 Å². The molecule has 0 spiro atoms. The lowest BCUT2D eigenvalue weighted by Crippen LogP contribution is -2.03. The number of carboxylic acid groups (broad SMARTS) is 1. The Morgan fingerprint density at radius 2 is 2.33 bits per heavy atom. The molecule has 1 saturated carbocycles. The fourth-order valence-electron chi connectivity index (χ4n) is 2.56. The Labute approximate surface area is 126 Å². The monoisotopic (exact) mass is 307 g/mol. The van der Waals surface area contributed by atoms with Gasteiger partial charge in [0.05, 0.1) is 12.9 Å². The summed E-state index contributed by atoms with van der Waals surface area (Å²) in [5.74, 6) is 0.336. The summed E-state index contributed by atoms with van der Waals surface area (Å²) < 4.78 is 7.27. The van der Waals surface area contributed by atoms with Gasteiger partial charge in [0.2, 0.25) is 5.88 Å². The predicted molar refractivity (Wildman–Crippen MR) is 79.9 cm³/mol. The Bertz CT molecular complexity index is 685. The van der Waals surface area contributed by atoms with Crippen LogP contribution < -0.4 is 4.74 Å². The minimum Gasteiger partial charge on any atom is -0.481 e. The molecule has 0 saturated heterocycles. The van der Waals surface area contributed by atoms with Gasteiger partial charge in [-0.3, -0.25) is 4.79 Å². The molecule has 7 heteroatoms. The Kier molecular flexibility index (Phi) is 3.75. The van der Waals surface area contributed by atoms with E-state index in [1.54, 1.807) is 13.2 Å². The summed E-state index contributed by atoms with van der Waals surface area (Å²) in [4.78, 5) is 19.8. The molecule has 2 heterocycles. The number of rotatable bonds is 6. The van der Waals surface area contributed by atoms with E-state index in [0.717, 1.165) is 29.2 Å². The van der Waals surface area contributed by atoms with E-state index in [0.29, 0.717) is 17.8 Å². The van der Waals surface area contributed by atoms with E-state index < -0.39 is 5.97 Å². The lowest BCUT2D eigenvalue weighted by atomic mass is 10.3. The standard InChI is InChI=1S/C14H17N3O3S/c1-3-8-6-10(8)17-13-9(4-5-11(16-13)20-2)15-14(17)21-7-12(18)19/h4-5,8,10H,3,6-7H2,1-2H3,(H,18,19). The third kappa shape index (κ3) is 2.70. The number of hydrogen-bond acceptors (Lipinski definition) is 5. The number of nitrogens with zero attached hydrogens (tertiary/aromatic N) is 3. The van der Waals surface area contributed by atoms with E-state index in [1.807, 2.05) is 6.07 Å². The van der Waals surface area contributed by atoms with Crippen molar-refractivity contribution in [3.63, 3.8) is 0 Å². The summed E-state index contributed by atoms with van der Waals surface area (Å²) in [7, 11) is 1.58. The van der Waals surface area contributed by atoms with Gasteiger partial charge in [0, 0.05) is 12.1 Å². The van der Waals surface area contributed by atoms with Gasteiger partial charge in [-0.2, -0.15) is 4.98 Å². The number of imidazole rings is 1. The van der Waals surface area contributed by atoms with Gasteiger partial charge < -0.3 is 14.4 Å². The van der Waals surface area contributed by atoms with Gasteiger partial charge in [0.25, 0.3) is 0 Å². The summed E-state index contributed by atoms with van der Waals surface area (Å²) >= 11 is 1.25. The van der Waals surface area contributed by atoms with Crippen molar-refractivity contribution in [2.24, 2.45) is 5.92 Å². The van der Waals surface area contributed by atoms with Crippen molar-refractivity contribution in [3.8, 4) is 5.88 Å². The largest absolute Gasteiger partial charge is 0.481 e. The Morgan fingerprint density at radius 3 is 2.95 bits per heavy atom. The molecule has 2 aromatic heterocycles. The van der Waals surface area contributed by atoms with Crippen LogP contribution in [0.5, 0.6) is 5.88 Å². The lowest BCUT2D eigenvalue weighted by molar-refractivity contribution is -0.133. The molecule has 1 aliphatic rings. The molecule has 2 aromatic rings. The molecule has 1 aliphatic carbocycles. The molecular weight excluding hydrogens is 290 g/mol. The molecule has 6 nitrogen and oxygen atoms in total. The van der Waals surface area contributed by atoms with Crippen LogP contribution >= 0.6 is 11.8 Å². The highest BCUT2D eigenvalue weighted by atomic mass is 32.2. The second-order valence-electron chi connectivity index (χ2n) is 5.11. The molecule has 3 rings (SSSR count). The van der Waals surface area contributed by atoms with Crippen LogP contribution in [0.25, 0.3) is 11.2 Å². The topological polar surface area (TPSA) is 77.2 Å². The molecule has 0 bridgehead atoms. The Morgan fingerprint density at radius 1 is 1.52 bits per heavy atom. The van der Waals surface area contributed by atoms with Gasteiger partial charge in [-0.05, 0) is 18.4 Å². The maximum absolute atomic E-state index is 10.8. The number of aliphatic carboxylic acids is 1. The minimum atomic E-state index is -0.841. The quantitative estimate of drug-likeness (QED) is 0.827. The fraction of sp³-hybridized carbons (Fsp3) is 0.500. The number of hydrogen-bond donors (Lipinski definition) is 1. The predicted octanol–water partition coefficient (Wildman–Crippen LogP) is 2.59.